The number of ether oxygens (including phenoxy) is 1. The molecule has 1 N–H and O–H groups in total. The van der Waals surface area contributed by atoms with Gasteiger partial charge in [-0.15, -0.1) is 5.10 Å². The largest absolute Gasteiger partial charge is 0.378 e. The van der Waals surface area contributed by atoms with Crippen LogP contribution in [-0.2, 0) is 11.3 Å². The summed E-state index contributed by atoms with van der Waals surface area (Å²) in [6, 6.07) is 18.6. The standard InChI is InChI=1S/C22H26N6O/c1-2-27(17-18-8-4-3-5-9-18)22-25-21(16-23-26-22)24-19-10-6-7-11-20(19)28-12-14-29-15-13-28/h3-11,16H,2,12-15,17H2,1H3,(H,24,25,26). The average Bonchev–Trinajstić information content (AvgIpc) is 2.79. The third-order valence-corrected chi connectivity index (χ3v) is 4.95. The van der Waals surface area contributed by atoms with Gasteiger partial charge in [0.15, 0.2) is 5.82 Å². The Bertz CT molecular complexity index is 914. The average molecular weight is 390 g/mol. The van der Waals surface area contributed by atoms with Gasteiger partial charge < -0.3 is 19.9 Å². The summed E-state index contributed by atoms with van der Waals surface area (Å²) in [4.78, 5) is 9.16. The first-order valence-corrected chi connectivity index (χ1v) is 10.0. The van der Waals surface area contributed by atoms with Gasteiger partial charge in [-0.2, -0.15) is 10.1 Å². The minimum atomic E-state index is 0.616. The molecule has 0 unspecified atom stereocenters. The third kappa shape index (κ3) is 4.81. The molecule has 1 aliphatic heterocycles. The van der Waals surface area contributed by atoms with Crippen molar-refractivity contribution in [1.29, 1.82) is 0 Å². The number of morpholine rings is 1. The van der Waals surface area contributed by atoms with Crippen LogP contribution in [0.3, 0.4) is 0 Å². The Kier molecular flexibility index (Phi) is 6.16. The monoisotopic (exact) mass is 390 g/mol. The third-order valence-electron chi connectivity index (χ3n) is 4.95. The first-order chi connectivity index (χ1) is 14.3. The molecular weight excluding hydrogens is 364 g/mol. The molecule has 1 aromatic heterocycles. The summed E-state index contributed by atoms with van der Waals surface area (Å²) < 4.78 is 5.48. The van der Waals surface area contributed by atoms with Crippen LogP contribution in [0, 0.1) is 0 Å². The molecule has 0 bridgehead atoms. The van der Waals surface area contributed by atoms with E-state index in [4.69, 9.17) is 9.72 Å². The zero-order valence-corrected chi connectivity index (χ0v) is 16.7. The SMILES string of the molecule is CCN(Cc1ccccc1)c1nncc(Nc2ccccc2N2CCOCC2)n1. The number of nitrogens with one attached hydrogen (secondary N) is 1. The van der Waals surface area contributed by atoms with Crippen molar-refractivity contribution in [3.8, 4) is 0 Å². The van der Waals surface area contributed by atoms with E-state index in [1.54, 1.807) is 6.20 Å². The van der Waals surface area contributed by atoms with E-state index in [0.717, 1.165) is 50.8 Å². The number of anilines is 4. The Hall–Kier alpha value is -3.19. The van der Waals surface area contributed by atoms with Gasteiger partial charge in [0, 0.05) is 26.2 Å². The fourth-order valence-electron chi connectivity index (χ4n) is 3.41. The van der Waals surface area contributed by atoms with Crippen molar-refractivity contribution in [2.24, 2.45) is 0 Å². The van der Waals surface area contributed by atoms with Crippen molar-refractivity contribution in [2.75, 3.05) is 48.0 Å². The quantitative estimate of drug-likeness (QED) is 0.662. The molecule has 0 amide bonds. The Morgan fingerprint density at radius 3 is 2.59 bits per heavy atom. The van der Waals surface area contributed by atoms with Crippen LogP contribution in [0.15, 0.2) is 60.8 Å². The molecular formula is C22H26N6O. The fraction of sp³-hybridized carbons (Fsp3) is 0.318. The van der Waals surface area contributed by atoms with Gasteiger partial charge in [-0.3, -0.25) is 0 Å². The van der Waals surface area contributed by atoms with E-state index in [9.17, 15) is 0 Å². The number of nitrogens with zero attached hydrogens (tertiary/aromatic N) is 5. The summed E-state index contributed by atoms with van der Waals surface area (Å²) in [6.45, 7) is 6.90. The van der Waals surface area contributed by atoms with Crippen LogP contribution in [0.1, 0.15) is 12.5 Å². The second kappa shape index (κ2) is 9.34. The van der Waals surface area contributed by atoms with Crippen molar-refractivity contribution >= 4 is 23.1 Å². The lowest BCUT2D eigenvalue weighted by molar-refractivity contribution is 0.123. The number of para-hydroxylation sites is 2. The lowest BCUT2D eigenvalue weighted by atomic mass is 10.2. The Balaban J connectivity index is 1.53. The Morgan fingerprint density at radius 1 is 1.03 bits per heavy atom. The second-order valence-corrected chi connectivity index (χ2v) is 6.88. The van der Waals surface area contributed by atoms with Crippen LogP contribution in [-0.4, -0.2) is 48.0 Å². The molecule has 2 heterocycles. The lowest BCUT2D eigenvalue weighted by Crippen LogP contribution is -2.36. The topological polar surface area (TPSA) is 66.4 Å². The summed E-state index contributed by atoms with van der Waals surface area (Å²) in [5, 5.41) is 11.9. The first-order valence-electron chi connectivity index (χ1n) is 10.0. The second-order valence-electron chi connectivity index (χ2n) is 6.88. The smallest absolute Gasteiger partial charge is 0.247 e. The summed E-state index contributed by atoms with van der Waals surface area (Å²) in [6.07, 6.45) is 1.66. The molecule has 150 valence electrons. The van der Waals surface area contributed by atoms with Crippen LogP contribution < -0.4 is 15.1 Å². The highest BCUT2D eigenvalue weighted by Crippen LogP contribution is 2.28. The van der Waals surface area contributed by atoms with Crippen LogP contribution in [0.5, 0.6) is 0 Å². The van der Waals surface area contributed by atoms with E-state index >= 15 is 0 Å². The molecule has 7 nitrogen and oxygen atoms in total. The number of rotatable bonds is 7. The molecule has 0 aliphatic carbocycles. The summed E-state index contributed by atoms with van der Waals surface area (Å²) >= 11 is 0. The molecule has 1 fully saturated rings. The minimum Gasteiger partial charge on any atom is -0.378 e. The van der Waals surface area contributed by atoms with E-state index in [2.05, 4.69) is 62.6 Å². The van der Waals surface area contributed by atoms with Crippen molar-refractivity contribution in [3.63, 3.8) is 0 Å². The molecule has 0 spiro atoms. The van der Waals surface area contributed by atoms with Crippen molar-refractivity contribution in [2.45, 2.75) is 13.5 Å². The normalized spacial score (nSPS) is 13.9. The molecule has 1 aliphatic rings. The maximum atomic E-state index is 5.48. The minimum absolute atomic E-state index is 0.616. The van der Waals surface area contributed by atoms with E-state index in [1.807, 2.05) is 24.3 Å². The van der Waals surface area contributed by atoms with Gasteiger partial charge in [0.2, 0.25) is 5.95 Å². The molecule has 4 rings (SSSR count). The van der Waals surface area contributed by atoms with Gasteiger partial charge in [0.05, 0.1) is 30.8 Å². The number of aromatic nitrogens is 3. The molecule has 0 saturated carbocycles. The van der Waals surface area contributed by atoms with Crippen LogP contribution in [0.2, 0.25) is 0 Å². The summed E-state index contributed by atoms with van der Waals surface area (Å²) in [7, 11) is 0. The maximum absolute atomic E-state index is 5.48. The van der Waals surface area contributed by atoms with Crippen LogP contribution in [0.4, 0.5) is 23.1 Å². The number of hydrogen-bond donors (Lipinski definition) is 1. The molecule has 0 radical (unpaired) electrons. The molecule has 0 atom stereocenters. The zero-order chi connectivity index (χ0) is 19.9. The van der Waals surface area contributed by atoms with E-state index in [0.29, 0.717) is 11.8 Å². The number of benzene rings is 2. The molecule has 2 aromatic carbocycles. The van der Waals surface area contributed by atoms with E-state index < -0.39 is 0 Å². The summed E-state index contributed by atoms with van der Waals surface area (Å²) in [5.41, 5.74) is 3.37. The van der Waals surface area contributed by atoms with Gasteiger partial charge in [-0.25, -0.2) is 0 Å². The van der Waals surface area contributed by atoms with Crippen molar-refractivity contribution in [1.82, 2.24) is 15.2 Å². The predicted octanol–water partition coefficient (Wildman–Crippen LogP) is 3.48. The molecule has 1 saturated heterocycles. The Morgan fingerprint density at radius 2 is 1.79 bits per heavy atom. The van der Waals surface area contributed by atoms with Gasteiger partial charge in [-0.05, 0) is 24.6 Å². The van der Waals surface area contributed by atoms with E-state index in [-0.39, 0.29) is 0 Å². The molecule has 29 heavy (non-hydrogen) atoms. The lowest BCUT2D eigenvalue weighted by Gasteiger charge is -2.30. The van der Waals surface area contributed by atoms with Gasteiger partial charge in [-0.1, -0.05) is 42.5 Å². The van der Waals surface area contributed by atoms with Gasteiger partial charge in [0.1, 0.15) is 0 Å². The van der Waals surface area contributed by atoms with Crippen molar-refractivity contribution < 1.29 is 4.74 Å². The van der Waals surface area contributed by atoms with Gasteiger partial charge >= 0.3 is 0 Å². The summed E-state index contributed by atoms with van der Waals surface area (Å²) in [5.74, 6) is 1.30. The highest BCUT2D eigenvalue weighted by Gasteiger charge is 2.16. The maximum Gasteiger partial charge on any atom is 0.247 e. The van der Waals surface area contributed by atoms with Crippen LogP contribution in [0.25, 0.3) is 0 Å². The Labute approximate surface area is 171 Å². The fourth-order valence-corrected chi connectivity index (χ4v) is 3.41. The number of hydrogen-bond acceptors (Lipinski definition) is 7. The molecule has 3 aromatic rings. The first kappa shape index (κ1) is 19.1. The van der Waals surface area contributed by atoms with Crippen LogP contribution >= 0.6 is 0 Å². The highest BCUT2D eigenvalue weighted by molar-refractivity contribution is 5.74. The van der Waals surface area contributed by atoms with Gasteiger partial charge in [0.25, 0.3) is 0 Å². The highest BCUT2D eigenvalue weighted by atomic mass is 16.5. The zero-order valence-electron chi connectivity index (χ0n) is 16.7. The predicted molar refractivity (Wildman–Crippen MR) is 116 cm³/mol. The van der Waals surface area contributed by atoms with E-state index in [1.165, 1.54) is 5.56 Å². The van der Waals surface area contributed by atoms with Crippen molar-refractivity contribution in [3.05, 3.63) is 66.4 Å². The molecule has 7 heteroatoms.